The third-order valence-corrected chi connectivity index (χ3v) is 3.64. The molecule has 0 spiro atoms. The molecule has 0 bridgehead atoms. The van der Waals surface area contributed by atoms with E-state index >= 15 is 0 Å². The minimum absolute atomic E-state index is 0.0164. The van der Waals surface area contributed by atoms with E-state index in [9.17, 15) is 0 Å². The summed E-state index contributed by atoms with van der Waals surface area (Å²) in [5.74, 6) is 1.26. The second kappa shape index (κ2) is 8.62. The van der Waals surface area contributed by atoms with Crippen LogP contribution in [0.4, 0.5) is 0 Å². The Balaban J connectivity index is 2.89. The van der Waals surface area contributed by atoms with E-state index in [0.717, 1.165) is 28.4 Å². The predicted octanol–water partition coefficient (Wildman–Crippen LogP) is 4.16. The van der Waals surface area contributed by atoms with Gasteiger partial charge in [-0.25, -0.2) is 0 Å². The lowest BCUT2D eigenvalue weighted by Gasteiger charge is -2.22. The summed E-state index contributed by atoms with van der Waals surface area (Å²) < 4.78 is 11.4. The number of rotatable bonds is 8. The average molecular weight is 314 g/mol. The van der Waals surface area contributed by atoms with Crippen LogP contribution < -0.4 is 10.1 Å². The Hall–Kier alpha value is -0.770. The molecule has 1 atom stereocenters. The molecule has 1 N–H and O–H groups in total. The second-order valence-corrected chi connectivity index (χ2v) is 6.46. The topological polar surface area (TPSA) is 30.5 Å². The van der Waals surface area contributed by atoms with E-state index in [4.69, 9.17) is 21.1 Å². The minimum atomic E-state index is -0.0164. The number of hydrogen-bond acceptors (Lipinski definition) is 3. The maximum Gasteiger partial charge on any atom is 0.134 e. The maximum atomic E-state index is 6.30. The van der Waals surface area contributed by atoms with Gasteiger partial charge in [0.25, 0.3) is 0 Å². The van der Waals surface area contributed by atoms with Crippen molar-refractivity contribution in [3.8, 4) is 5.75 Å². The molecular formula is C17H28ClNO2. The van der Waals surface area contributed by atoms with Crippen LogP contribution in [0.15, 0.2) is 12.1 Å². The average Bonchev–Trinajstić information content (AvgIpc) is 2.38. The lowest BCUT2D eigenvalue weighted by atomic mass is 10.0. The van der Waals surface area contributed by atoms with Crippen LogP contribution in [-0.4, -0.2) is 32.4 Å². The van der Waals surface area contributed by atoms with Gasteiger partial charge in [-0.2, -0.15) is 0 Å². The summed E-state index contributed by atoms with van der Waals surface area (Å²) >= 11 is 6.30. The number of benzene rings is 1. The molecule has 1 aromatic carbocycles. The molecule has 0 aliphatic carbocycles. The van der Waals surface area contributed by atoms with E-state index in [1.807, 2.05) is 13.0 Å². The van der Waals surface area contributed by atoms with Crippen LogP contribution >= 0.6 is 11.6 Å². The number of halogens is 1. The highest BCUT2D eigenvalue weighted by atomic mass is 35.5. The van der Waals surface area contributed by atoms with Crippen LogP contribution in [0.25, 0.3) is 0 Å². The van der Waals surface area contributed by atoms with E-state index < -0.39 is 0 Å². The minimum Gasteiger partial charge on any atom is -0.486 e. The molecule has 120 valence electrons. The van der Waals surface area contributed by atoms with Gasteiger partial charge in [-0.1, -0.05) is 39.3 Å². The standard InChI is InChI=1S/C17H28ClNO2/c1-11(2)15-8-17(13(5)7-16(15)18)21-14(10-20-6)9-19-12(3)4/h7-8,11-12,14,19H,9-10H2,1-6H3. The SMILES string of the molecule is COCC(CNC(C)C)Oc1cc(C(C)C)c(Cl)cc1C. The Morgan fingerprint density at radius 3 is 2.38 bits per heavy atom. The smallest absolute Gasteiger partial charge is 0.134 e. The molecule has 3 nitrogen and oxygen atoms in total. The van der Waals surface area contributed by atoms with Crippen molar-refractivity contribution in [2.75, 3.05) is 20.3 Å². The summed E-state index contributed by atoms with van der Waals surface area (Å²) in [5, 5.41) is 4.19. The van der Waals surface area contributed by atoms with Crippen LogP contribution in [-0.2, 0) is 4.74 Å². The maximum absolute atomic E-state index is 6.30. The molecule has 1 rings (SSSR count). The molecule has 1 unspecified atom stereocenters. The van der Waals surface area contributed by atoms with E-state index in [1.54, 1.807) is 7.11 Å². The Bertz CT molecular complexity index is 447. The molecule has 0 fully saturated rings. The molecule has 0 radical (unpaired) electrons. The highest BCUT2D eigenvalue weighted by molar-refractivity contribution is 6.31. The number of aryl methyl sites for hydroxylation is 1. The van der Waals surface area contributed by atoms with Crippen LogP contribution in [0, 0.1) is 6.92 Å². The molecule has 4 heteroatoms. The Labute approximate surface area is 134 Å². The first-order chi connectivity index (χ1) is 9.85. The van der Waals surface area contributed by atoms with Crippen molar-refractivity contribution >= 4 is 11.6 Å². The van der Waals surface area contributed by atoms with Crippen molar-refractivity contribution in [1.29, 1.82) is 0 Å². The molecule has 1 aromatic rings. The van der Waals surface area contributed by atoms with Gasteiger partial charge < -0.3 is 14.8 Å². The van der Waals surface area contributed by atoms with E-state index in [2.05, 4.69) is 39.1 Å². The lowest BCUT2D eigenvalue weighted by Crippen LogP contribution is -2.38. The first kappa shape index (κ1) is 18.3. The Morgan fingerprint density at radius 1 is 1.19 bits per heavy atom. The molecule has 0 saturated heterocycles. The van der Waals surface area contributed by atoms with Gasteiger partial charge in [-0.15, -0.1) is 0 Å². The largest absolute Gasteiger partial charge is 0.486 e. The number of methoxy groups -OCH3 is 1. The second-order valence-electron chi connectivity index (χ2n) is 6.05. The van der Waals surface area contributed by atoms with Gasteiger partial charge in [0, 0.05) is 24.7 Å². The molecule has 0 aliphatic heterocycles. The van der Waals surface area contributed by atoms with Gasteiger partial charge in [0.05, 0.1) is 6.61 Å². The zero-order chi connectivity index (χ0) is 16.0. The summed E-state index contributed by atoms with van der Waals surface area (Å²) in [7, 11) is 1.69. The summed E-state index contributed by atoms with van der Waals surface area (Å²) in [5.41, 5.74) is 2.17. The van der Waals surface area contributed by atoms with Gasteiger partial charge in [-0.05, 0) is 36.1 Å². The van der Waals surface area contributed by atoms with Crippen LogP contribution in [0.1, 0.15) is 44.7 Å². The van der Waals surface area contributed by atoms with Gasteiger partial charge in [0.15, 0.2) is 0 Å². The molecular weight excluding hydrogens is 286 g/mol. The van der Waals surface area contributed by atoms with Crippen LogP contribution in [0.2, 0.25) is 5.02 Å². The van der Waals surface area contributed by atoms with E-state index in [1.165, 1.54) is 0 Å². The quantitative estimate of drug-likeness (QED) is 0.781. The zero-order valence-electron chi connectivity index (χ0n) is 14.0. The van der Waals surface area contributed by atoms with Crippen molar-refractivity contribution in [2.24, 2.45) is 0 Å². The van der Waals surface area contributed by atoms with Gasteiger partial charge in [0.1, 0.15) is 11.9 Å². The fourth-order valence-electron chi connectivity index (χ4n) is 2.11. The fraction of sp³-hybridized carbons (Fsp3) is 0.647. The van der Waals surface area contributed by atoms with Crippen molar-refractivity contribution < 1.29 is 9.47 Å². The van der Waals surface area contributed by atoms with Gasteiger partial charge >= 0.3 is 0 Å². The number of hydrogen-bond donors (Lipinski definition) is 1. The van der Waals surface area contributed by atoms with E-state index in [0.29, 0.717) is 18.6 Å². The predicted molar refractivity (Wildman–Crippen MR) is 89.7 cm³/mol. The zero-order valence-corrected chi connectivity index (χ0v) is 14.8. The highest BCUT2D eigenvalue weighted by Gasteiger charge is 2.15. The van der Waals surface area contributed by atoms with Crippen molar-refractivity contribution in [3.63, 3.8) is 0 Å². The first-order valence-electron chi connectivity index (χ1n) is 7.54. The lowest BCUT2D eigenvalue weighted by molar-refractivity contribution is 0.0789. The first-order valence-corrected chi connectivity index (χ1v) is 7.92. The molecule has 0 amide bonds. The van der Waals surface area contributed by atoms with Crippen molar-refractivity contribution in [3.05, 3.63) is 28.3 Å². The molecule has 0 aromatic heterocycles. The van der Waals surface area contributed by atoms with E-state index in [-0.39, 0.29) is 6.10 Å². The summed E-state index contributed by atoms with van der Waals surface area (Å²) in [6, 6.07) is 4.46. The molecule has 0 heterocycles. The fourth-order valence-corrected chi connectivity index (χ4v) is 2.54. The monoisotopic (exact) mass is 313 g/mol. The van der Waals surface area contributed by atoms with Gasteiger partial charge in [-0.3, -0.25) is 0 Å². The van der Waals surface area contributed by atoms with Crippen molar-refractivity contribution in [1.82, 2.24) is 5.32 Å². The molecule has 0 aliphatic rings. The number of ether oxygens (including phenoxy) is 2. The van der Waals surface area contributed by atoms with Crippen molar-refractivity contribution in [2.45, 2.75) is 52.7 Å². The van der Waals surface area contributed by atoms with Gasteiger partial charge in [0.2, 0.25) is 0 Å². The Kier molecular flexibility index (Phi) is 7.50. The molecule has 0 saturated carbocycles. The third-order valence-electron chi connectivity index (χ3n) is 3.32. The summed E-state index contributed by atoms with van der Waals surface area (Å²) in [6.07, 6.45) is -0.0164. The summed E-state index contributed by atoms with van der Waals surface area (Å²) in [6.45, 7) is 11.8. The normalized spacial score (nSPS) is 13.0. The van der Waals surface area contributed by atoms with Crippen LogP contribution in [0.3, 0.4) is 0 Å². The highest BCUT2D eigenvalue weighted by Crippen LogP contribution is 2.31. The summed E-state index contributed by atoms with van der Waals surface area (Å²) in [4.78, 5) is 0. The molecule has 21 heavy (non-hydrogen) atoms. The Morgan fingerprint density at radius 2 is 1.86 bits per heavy atom. The van der Waals surface area contributed by atoms with Crippen LogP contribution in [0.5, 0.6) is 5.75 Å². The third kappa shape index (κ3) is 5.85. The number of nitrogens with one attached hydrogen (secondary N) is 1.